The summed E-state index contributed by atoms with van der Waals surface area (Å²) in [5.74, 6) is 0.428. The fourth-order valence-electron chi connectivity index (χ4n) is 1.88. The minimum Gasteiger partial charge on any atom is -0.358 e. The van der Waals surface area contributed by atoms with Crippen LogP contribution in [0, 0.1) is 5.41 Å². The van der Waals surface area contributed by atoms with E-state index in [0.717, 1.165) is 13.1 Å². The Kier molecular flexibility index (Phi) is 5.41. The first-order chi connectivity index (χ1) is 8.40. The van der Waals surface area contributed by atoms with Gasteiger partial charge in [0.15, 0.2) is 0 Å². The van der Waals surface area contributed by atoms with E-state index in [-0.39, 0.29) is 11.8 Å². The summed E-state index contributed by atoms with van der Waals surface area (Å²) in [5, 5.41) is 2.60. The van der Waals surface area contributed by atoms with Crippen LogP contribution in [0.4, 0.5) is 0 Å². The molecule has 0 aromatic rings. The number of halogens is 1. The Labute approximate surface area is 113 Å². The van der Waals surface area contributed by atoms with Crippen molar-refractivity contribution in [2.45, 2.75) is 13.8 Å². The zero-order chi connectivity index (χ0) is 13.8. The SMILES string of the molecule is CNC(=O)CN1CCN(C(=O)C(C)(C)CCl)CC1. The van der Waals surface area contributed by atoms with E-state index in [9.17, 15) is 9.59 Å². The Morgan fingerprint density at radius 3 is 2.22 bits per heavy atom. The van der Waals surface area contributed by atoms with Crippen molar-refractivity contribution in [2.24, 2.45) is 5.41 Å². The Hall–Kier alpha value is -0.810. The van der Waals surface area contributed by atoms with E-state index in [0.29, 0.717) is 25.5 Å². The molecule has 0 saturated carbocycles. The maximum Gasteiger partial charge on any atom is 0.233 e. The number of nitrogens with zero attached hydrogens (tertiary/aromatic N) is 2. The van der Waals surface area contributed by atoms with Crippen molar-refractivity contribution in [3.63, 3.8) is 0 Å². The number of amides is 2. The molecule has 2 amide bonds. The molecule has 1 heterocycles. The number of piperazine rings is 1. The summed E-state index contributed by atoms with van der Waals surface area (Å²) in [6.45, 7) is 6.91. The molecular weight excluding hydrogens is 254 g/mol. The normalized spacial score (nSPS) is 17.7. The topological polar surface area (TPSA) is 52.7 Å². The van der Waals surface area contributed by atoms with Gasteiger partial charge >= 0.3 is 0 Å². The Morgan fingerprint density at radius 2 is 1.78 bits per heavy atom. The molecule has 0 aromatic carbocycles. The van der Waals surface area contributed by atoms with E-state index in [2.05, 4.69) is 10.2 Å². The van der Waals surface area contributed by atoms with Gasteiger partial charge in [-0.1, -0.05) is 0 Å². The van der Waals surface area contributed by atoms with Crippen LogP contribution in [0.2, 0.25) is 0 Å². The molecule has 1 aliphatic heterocycles. The molecule has 1 N–H and O–H groups in total. The average Bonchev–Trinajstić information content (AvgIpc) is 2.38. The zero-order valence-corrected chi connectivity index (χ0v) is 12.1. The highest BCUT2D eigenvalue weighted by molar-refractivity contribution is 6.19. The lowest BCUT2D eigenvalue weighted by molar-refractivity contribution is -0.141. The van der Waals surface area contributed by atoms with Gasteiger partial charge in [-0.2, -0.15) is 0 Å². The molecule has 0 radical (unpaired) electrons. The number of hydrogen-bond acceptors (Lipinski definition) is 3. The molecule has 1 fully saturated rings. The summed E-state index contributed by atoms with van der Waals surface area (Å²) < 4.78 is 0. The van der Waals surface area contributed by atoms with Crippen molar-refractivity contribution in [1.82, 2.24) is 15.1 Å². The lowest BCUT2D eigenvalue weighted by Gasteiger charge is -2.37. The van der Waals surface area contributed by atoms with Crippen LogP contribution < -0.4 is 5.32 Å². The third kappa shape index (κ3) is 3.85. The fourth-order valence-corrected chi connectivity index (χ4v) is 1.99. The molecule has 0 bridgehead atoms. The molecule has 1 aliphatic rings. The fraction of sp³-hybridized carbons (Fsp3) is 0.833. The standard InChI is InChI=1S/C12H22ClN3O2/c1-12(2,9-13)11(18)16-6-4-15(5-7-16)8-10(17)14-3/h4-9H2,1-3H3,(H,14,17). The second-order valence-electron chi connectivity index (χ2n) is 5.26. The Balaban J connectivity index is 2.44. The van der Waals surface area contributed by atoms with Gasteiger partial charge in [0.1, 0.15) is 0 Å². The minimum absolute atomic E-state index is 0.0101. The van der Waals surface area contributed by atoms with E-state index in [1.54, 1.807) is 7.05 Å². The molecule has 0 unspecified atom stereocenters. The van der Waals surface area contributed by atoms with Crippen LogP contribution in [-0.4, -0.2) is 67.3 Å². The maximum absolute atomic E-state index is 12.2. The van der Waals surface area contributed by atoms with Crippen molar-refractivity contribution >= 4 is 23.4 Å². The van der Waals surface area contributed by atoms with Crippen molar-refractivity contribution in [3.05, 3.63) is 0 Å². The van der Waals surface area contributed by atoms with Crippen molar-refractivity contribution in [3.8, 4) is 0 Å². The predicted octanol–water partition coefficient (Wildman–Crippen LogP) is 0.142. The van der Waals surface area contributed by atoms with E-state index in [1.807, 2.05) is 18.7 Å². The van der Waals surface area contributed by atoms with Gasteiger partial charge in [-0.3, -0.25) is 14.5 Å². The molecule has 5 nitrogen and oxygen atoms in total. The summed E-state index contributed by atoms with van der Waals surface area (Å²) in [6, 6.07) is 0. The zero-order valence-electron chi connectivity index (χ0n) is 11.3. The van der Waals surface area contributed by atoms with E-state index in [1.165, 1.54) is 0 Å². The molecule has 0 aromatic heterocycles. The molecule has 1 rings (SSSR count). The highest BCUT2D eigenvalue weighted by atomic mass is 35.5. The lowest BCUT2D eigenvalue weighted by atomic mass is 9.94. The molecular formula is C12H22ClN3O2. The van der Waals surface area contributed by atoms with Gasteiger partial charge < -0.3 is 10.2 Å². The summed E-state index contributed by atoms with van der Waals surface area (Å²) >= 11 is 5.81. The van der Waals surface area contributed by atoms with Crippen molar-refractivity contribution < 1.29 is 9.59 Å². The number of carbonyl (C=O) groups is 2. The third-order valence-corrected chi connectivity index (χ3v) is 3.89. The average molecular weight is 276 g/mol. The number of alkyl halides is 1. The van der Waals surface area contributed by atoms with Crippen LogP contribution in [0.15, 0.2) is 0 Å². The number of nitrogens with one attached hydrogen (secondary N) is 1. The first-order valence-corrected chi connectivity index (χ1v) is 6.72. The van der Waals surface area contributed by atoms with Gasteiger partial charge in [0, 0.05) is 39.1 Å². The molecule has 0 aliphatic carbocycles. The van der Waals surface area contributed by atoms with E-state index in [4.69, 9.17) is 11.6 Å². The van der Waals surface area contributed by atoms with Gasteiger partial charge in [-0.05, 0) is 13.8 Å². The quantitative estimate of drug-likeness (QED) is 0.743. The summed E-state index contributed by atoms with van der Waals surface area (Å²) in [4.78, 5) is 27.3. The third-order valence-electron chi connectivity index (χ3n) is 3.22. The molecule has 6 heteroatoms. The predicted molar refractivity (Wildman–Crippen MR) is 71.6 cm³/mol. The van der Waals surface area contributed by atoms with Crippen LogP contribution in [0.5, 0.6) is 0 Å². The van der Waals surface area contributed by atoms with Gasteiger partial charge in [0.05, 0.1) is 12.0 Å². The summed E-state index contributed by atoms with van der Waals surface area (Å²) in [5.41, 5.74) is -0.509. The van der Waals surface area contributed by atoms with Crippen LogP contribution in [0.25, 0.3) is 0 Å². The molecule has 0 spiro atoms. The second kappa shape index (κ2) is 6.38. The Bertz CT molecular complexity index is 312. The summed E-state index contributed by atoms with van der Waals surface area (Å²) in [6.07, 6.45) is 0. The van der Waals surface area contributed by atoms with Crippen molar-refractivity contribution in [1.29, 1.82) is 0 Å². The monoisotopic (exact) mass is 275 g/mol. The minimum atomic E-state index is -0.509. The van der Waals surface area contributed by atoms with Crippen LogP contribution in [0.3, 0.4) is 0 Å². The number of carbonyl (C=O) groups excluding carboxylic acids is 2. The van der Waals surface area contributed by atoms with Gasteiger partial charge in [0.25, 0.3) is 0 Å². The molecule has 0 atom stereocenters. The molecule has 1 saturated heterocycles. The van der Waals surface area contributed by atoms with Crippen LogP contribution >= 0.6 is 11.6 Å². The number of hydrogen-bond donors (Lipinski definition) is 1. The lowest BCUT2D eigenvalue weighted by Crippen LogP contribution is -2.53. The van der Waals surface area contributed by atoms with Gasteiger partial charge in [0.2, 0.25) is 11.8 Å². The smallest absolute Gasteiger partial charge is 0.233 e. The number of rotatable bonds is 4. The highest BCUT2D eigenvalue weighted by Crippen LogP contribution is 2.21. The second-order valence-corrected chi connectivity index (χ2v) is 5.53. The maximum atomic E-state index is 12.2. The highest BCUT2D eigenvalue weighted by Gasteiger charge is 2.33. The van der Waals surface area contributed by atoms with Gasteiger partial charge in [-0.25, -0.2) is 0 Å². The van der Waals surface area contributed by atoms with Crippen molar-refractivity contribution in [2.75, 3.05) is 45.7 Å². The van der Waals surface area contributed by atoms with Crippen LogP contribution in [0.1, 0.15) is 13.8 Å². The van der Waals surface area contributed by atoms with Gasteiger partial charge in [-0.15, -0.1) is 11.6 Å². The first-order valence-electron chi connectivity index (χ1n) is 6.19. The van der Waals surface area contributed by atoms with E-state index >= 15 is 0 Å². The van der Waals surface area contributed by atoms with E-state index < -0.39 is 5.41 Å². The largest absolute Gasteiger partial charge is 0.358 e. The molecule has 18 heavy (non-hydrogen) atoms. The Morgan fingerprint density at radius 1 is 1.22 bits per heavy atom. The van der Waals surface area contributed by atoms with Crippen LogP contribution in [-0.2, 0) is 9.59 Å². The summed E-state index contributed by atoms with van der Waals surface area (Å²) in [7, 11) is 1.63. The molecule has 104 valence electrons. The number of likely N-dealkylation sites (N-methyl/N-ethyl adjacent to an activating group) is 1. The first kappa shape index (κ1) is 15.2.